The molecule has 2 fully saturated rings. The summed E-state index contributed by atoms with van der Waals surface area (Å²) in [6.07, 6.45) is 15.4. The van der Waals surface area contributed by atoms with E-state index in [1.807, 2.05) is 0 Å². The molecule has 2 aliphatic rings. The Kier molecular flexibility index (Phi) is 3.48. The van der Waals surface area contributed by atoms with Gasteiger partial charge in [-0.3, -0.25) is 0 Å². The summed E-state index contributed by atoms with van der Waals surface area (Å²) in [6, 6.07) is 0.742. The number of hydrogen-bond donors (Lipinski definition) is 1. The van der Waals surface area contributed by atoms with Crippen molar-refractivity contribution in [3.05, 3.63) is 0 Å². The van der Waals surface area contributed by atoms with Crippen LogP contribution in [0.25, 0.3) is 0 Å². The van der Waals surface area contributed by atoms with Gasteiger partial charge in [-0.25, -0.2) is 0 Å². The lowest BCUT2D eigenvalue weighted by Gasteiger charge is -2.30. The van der Waals surface area contributed by atoms with Gasteiger partial charge in [-0.1, -0.05) is 25.2 Å². The van der Waals surface area contributed by atoms with Crippen LogP contribution < -0.4 is 5.32 Å². The predicted octanol–water partition coefficient (Wildman–Crippen LogP) is 2.57. The summed E-state index contributed by atoms with van der Waals surface area (Å²) < 4.78 is 0. The van der Waals surface area contributed by atoms with E-state index in [0.717, 1.165) is 24.4 Å². The summed E-state index contributed by atoms with van der Waals surface area (Å²) in [6.45, 7) is 0.762. The van der Waals surface area contributed by atoms with E-state index in [0.29, 0.717) is 0 Å². The number of terminal acetylenes is 1. The van der Waals surface area contributed by atoms with Crippen molar-refractivity contribution in [2.24, 2.45) is 11.8 Å². The molecule has 1 unspecified atom stereocenters. The number of rotatable bonds is 4. The lowest BCUT2D eigenvalue weighted by atomic mass is 9.82. The number of hydrogen-bond acceptors (Lipinski definition) is 1. The van der Waals surface area contributed by atoms with Crippen molar-refractivity contribution in [1.82, 2.24) is 5.32 Å². The molecule has 0 spiro atoms. The predicted molar refractivity (Wildman–Crippen MR) is 59.9 cm³/mol. The van der Waals surface area contributed by atoms with Crippen LogP contribution in [-0.4, -0.2) is 12.6 Å². The van der Waals surface area contributed by atoms with Crippen LogP contribution in [0.2, 0.25) is 0 Å². The highest BCUT2D eigenvalue weighted by Gasteiger charge is 2.36. The lowest BCUT2D eigenvalue weighted by Crippen LogP contribution is -2.39. The molecule has 0 bridgehead atoms. The highest BCUT2D eigenvalue weighted by molar-refractivity contribution is 4.96. The molecule has 14 heavy (non-hydrogen) atoms. The molecular formula is C13H21N. The largest absolute Gasteiger partial charge is 0.303 e. The minimum Gasteiger partial charge on any atom is -0.303 e. The average Bonchev–Trinajstić information content (AvgIpc) is 3.04. The Morgan fingerprint density at radius 1 is 1.07 bits per heavy atom. The summed E-state index contributed by atoms with van der Waals surface area (Å²) in [7, 11) is 0. The molecule has 0 amide bonds. The first-order chi connectivity index (χ1) is 6.92. The van der Waals surface area contributed by atoms with Crippen LogP contribution in [0.15, 0.2) is 0 Å². The Balaban J connectivity index is 1.84. The fraction of sp³-hybridized carbons (Fsp3) is 0.846. The minimum atomic E-state index is 0.742. The van der Waals surface area contributed by atoms with E-state index in [-0.39, 0.29) is 0 Å². The average molecular weight is 191 g/mol. The molecule has 1 N–H and O–H groups in total. The van der Waals surface area contributed by atoms with Gasteiger partial charge in [0.2, 0.25) is 0 Å². The lowest BCUT2D eigenvalue weighted by molar-refractivity contribution is 0.253. The van der Waals surface area contributed by atoms with E-state index in [1.54, 1.807) is 0 Å². The molecular weight excluding hydrogens is 170 g/mol. The standard InChI is InChI=1S/C13H21N/c1-2-10-14-13(12-8-9-12)11-6-4-3-5-7-11/h1,11-14H,3-10H2. The third kappa shape index (κ3) is 2.51. The van der Waals surface area contributed by atoms with Crippen molar-refractivity contribution in [1.29, 1.82) is 0 Å². The summed E-state index contributed by atoms with van der Waals surface area (Å²) in [5.41, 5.74) is 0. The molecule has 0 saturated heterocycles. The summed E-state index contributed by atoms with van der Waals surface area (Å²) >= 11 is 0. The molecule has 1 nitrogen and oxygen atoms in total. The van der Waals surface area contributed by atoms with E-state index in [4.69, 9.17) is 6.42 Å². The van der Waals surface area contributed by atoms with Crippen molar-refractivity contribution >= 4 is 0 Å². The molecule has 0 aromatic heterocycles. The van der Waals surface area contributed by atoms with Crippen LogP contribution in [0.1, 0.15) is 44.9 Å². The molecule has 0 aliphatic heterocycles. The van der Waals surface area contributed by atoms with Crippen molar-refractivity contribution in [2.75, 3.05) is 6.54 Å². The first-order valence-electron chi connectivity index (χ1n) is 6.08. The molecule has 2 saturated carbocycles. The Morgan fingerprint density at radius 2 is 1.71 bits per heavy atom. The van der Waals surface area contributed by atoms with Gasteiger partial charge in [-0.2, -0.15) is 0 Å². The van der Waals surface area contributed by atoms with Gasteiger partial charge in [0.15, 0.2) is 0 Å². The van der Waals surface area contributed by atoms with Gasteiger partial charge >= 0.3 is 0 Å². The third-order valence-corrected chi connectivity index (χ3v) is 3.73. The SMILES string of the molecule is C#CCNC(C1CCCCC1)C1CC1. The maximum Gasteiger partial charge on any atom is 0.0576 e. The summed E-state index contributed by atoms with van der Waals surface area (Å²) in [5.74, 6) is 4.58. The molecule has 0 aromatic rings. The summed E-state index contributed by atoms with van der Waals surface area (Å²) in [4.78, 5) is 0. The van der Waals surface area contributed by atoms with E-state index >= 15 is 0 Å². The highest BCUT2D eigenvalue weighted by Crippen LogP contribution is 2.40. The van der Waals surface area contributed by atoms with Crippen LogP contribution in [-0.2, 0) is 0 Å². The molecule has 1 heteroatoms. The Hall–Kier alpha value is -0.480. The van der Waals surface area contributed by atoms with Crippen molar-refractivity contribution in [2.45, 2.75) is 51.0 Å². The molecule has 0 aromatic carbocycles. The molecule has 2 aliphatic carbocycles. The van der Waals surface area contributed by atoms with Gasteiger partial charge in [0, 0.05) is 6.04 Å². The fourth-order valence-corrected chi connectivity index (χ4v) is 2.84. The van der Waals surface area contributed by atoms with Gasteiger partial charge in [-0.15, -0.1) is 6.42 Å². The number of nitrogens with one attached hydrogen (secondary N) is 1. The summed E-state index contributed by atoms with van der Waals surface area (Å²) in [5, 5.41) is 3.56. The van der Waals surface area contributed by atoms with Crippen molar-refractivity contribution in [3.8, 4) is 12.3 Å². The molecule has 0 heterocycles. The molecule has 78 valence electrons. The van der Waals surface area contributed by atoms with E-state index in [9.17, 15) is 0 Å². The van der Waals surface area contributed by atoms with Crippen LogP contribution in [0.3, 0.4) is 0 Å². The van der Waals surface area contributed by atoms with Crippen LogP contribution in [0, 0.1) is 24.2 Å². The van der Waals surface area contributed by atoms with Gasteiger partial charge < -0.3 is 5.32 Å². The maximum absolute atomic E-state index is 5.31. The molecule has 2 rings (SSSR count). The van der Waals surface area contributed by atoms with Gasteiger partial charge in [0.05, 0.1) is 6.54 Å². The topological polar surface area (TPSA) is 12.0 Å². The fourth-order valence-electron chi connectivity index (χ4n) is 2.84. The van der Waals surface area contributed by atoms with E-state index < -0.39 is 0 Å². The second-order valence-electron chi connectivity index (χ2n) is 4.85. The third-order valence-electron chi connectivity index (χ3n) is 3.73. The first-order valence-corrected chi connectivity index (χ1v) is 6.08. The van der Waals surface area contributed by atoms with E-state index in [2.05, 4.69) is 11.2 Å². The monoisotopic (exact) mass is 191 g/mol. The highest BCUT2D eigenvalue weighted by atomic mass is 14.9. The Bertz CT molecular complexity index is 206. The van der Waals surface area contributed by atoms with Crippen LogP contribution >= 0.6 is 0 Å². The zero-order valence-electron chi connectivity index (χ0n) is 8.97. The molecule has 1 atom stereocenters. The zero-order valence-corrected chi connectivity index (χ0v) is 8.97. The van der Waals surface area contributed by atoms with Crippen LogP contribution in [0.5, 0.6) is 0 Å². The second kappa shape index (κ2) is 4.84. The van der Waals surface area contributed by atoms with Gasteiger partial charge in [-0.05, 0) is 37.5 Å². The van der Waals surface area contributed by atoms with Gasteiger partial charge in [0.1, 0.15) is 0 Å². The smallest absolute Gasteiger partial charge is 0.0576 e. The van der Waals surface area contributed by atoms with Gasteiger partial charge in [0.25, 0.3) is 0 Å². The van der Waals surface area contributed by atoms with Crippen LogP contribution in [0.4, 0.5) is 0 Å². The Morgan fingerprint density at radius 3 is 2.29 bits per heavy atom. The van der Waals surface area contributed by atoms with Crippen molar-refractivity contribution in [3.63, 3.8) is 0 Å². The molecule has 0 radical (unpaired) electrons. The maximum atomic E-state index is 5.31. The zero-order chi connectivity index (χ0) is 9.80. The van der Waals surface area contributed by atoms with Crippen molar-refractivity contribution < 1.29 is 0 Å². The minimum absolute atomic E-state index is 0.742. The first kappa shape index (κ1) is 10.1. The second-order valence-corrected chi connectivity index (χ2v) is 4.85. The normalized spacial score (nSPS) is 25.6. The van der Waals surface area contributed by atoms with E-state index in [1.165, 1.54) is 44.9 Å². The quantitative estimate of drug-likeness (QED) is 0.673. The Labute approximate surface area is 87.7 Å².